The molecule has 0 saturated carbocycles. The highest BCUT2D eigenvalue weighted by Crippen LogP contribution is 2.18. The Morgan fingerprint density at radius 2 is 1.74 bits per heavy atom. The van der Waals surface area contributed by atoms with Gasteiger partial charge in [-0.1, -0.05) is 65.0 Å². The molecule has 1 aromatic carbocycles. The van der Waals surface area contributed by atoms with Gasteiger partial charge in [-0.15, -0.1) is 0 Å². The van der Waals surface area contributed by atoms with E-state index in [0.29, 0.717) is 13.0 Å². The van der Waals surface area contributed by atoms with E-state index < -0.39 is 0 Å². The van der Waals surface area contributed by atoms with Crippen molar-refractivity contribution in [2.75, 3.05) is 7.11 Å². The van der Waals surface area contributed by atoms with Gasteiger partial charge in [0.1, 0.15) is 5.75 Å². The molecule has 1 aromatic rings. The first-order valence-corrected chi connectivity index (χ1v) is 9.07. The average molecular weight is 322 g/mol. The zero-order valence-electron chi connectivity index (χ0n) is 15.7. The Bertz CT molecular complexity index is 430. The third-order valence-electron chi connectivity index (χ3n) is 3.71. The molecule has 0 aliphatic heterocycles. The number of hydrogen-bond donors (Lipinski definition) is 1. The highest BCUT2D eigenvalue weighted by atomic mass is 16.5. The van der Waals surface area contributed by atoms with Crippen molar-refractivity contribution >= 4 is 5.91 Å². The summed E-state index contributed by atoms with van der Waals surface area (Å²) < 4.78 is 5.23. The SMILES string of the molecule is CC.CCCCCCCCC(=O)NCc1ccc(OC)c(C)c1. The summed E-state index contributed by atoms with van der Waals surface area (Å²) in [6, 6.07) is 6.01. The molecule has 0 saturated heterocycles. The fourth-order valence-electron chi connectivity index (χ4n) is 2.41. The summed E-state index contributed by atoms with van der Waals surface area (Å²) in [6.45, 7) is 8.83. The average Bonchev–Trinajstić information content (AvgIpc) is 2.58. The third-order valence-corrected chi connectivity index (χ3v) is 3.71. The summed E-state index contributed by atoms with van der Waals surface area (Å²) in [7, 11) is 1.67. The highest BCUT2D eigenvalue weighted by Gasteiger charge is 2.03. The molecule has 0 radical (unpaired) electrons. The number of carbonyl (C=O) groups excluding carboxylic acids is 1. The first kappa shape index (κ1) is 21.5. The van der Waals surface area contributed by atoms with Crippen LogP contribution in [0.1, 0.15) is 76.8 Å². The Kier molecular flexibility index (Phi) is 13.2. The van der Waals surface area contributed by atoms with Crippen LogP contribution in [0, 0.1) is 6.92 Å². The van der Waals surface area contributed by atoms with E-state index in [-0.39, 0.29) is 5.91 Å². The minimum atomic E-state index is 0.152. The molecule has 1 amide bonds. The predicted octanol–water partition coefficient (Wildman–Crippen LogP) is 5.40. The van der Waals surface area contributed by atoms with E-state index in [1.807, 2.05) is 32.9 Å². The lowest BCUT2D eigenvalue weighted by Gasteiger charge is -2.09. The largest absolute Gasteiger partial charge is 0.496 e. The van der Waals surface area contributed by atoms with Crippen LogP contribution in [0.3, 0.4) is 0 Å². The molecule has 0 spiro atoms. The number of unbranched alkanes of at least 4 members (excludes halogenated alkanes) is 5. The topological polar surface area (TPSA) is 38.3 Å². The van der Waals surface area contributed by atoms with Gasteiger partial charge in [0, 0.05) is 13.0 Å². The van der Waals surface area contributed by atoms with E-state index in [2.05, 4.69) is 18.3 Å². The molecule has 0 bridgehead atoms. The monoisotopic (exact) mass is 321 g/mol. The molecule has 3 heteroatoms. The van der Waals surface area contributed by atoms with E-state index in [1.54, 1.807) is 7.11 Å². The molecule has 0 fully saturated rings. The van der Waals surface area contributed by atoms with Crippen molar-refractivity contribution in [2.24, 2.45) is 0 Å². The smallest absolute Gasteiger partial charge is 0.220 e. The third kappa shape index (κ3) is 9.98. The molecule has 0 unspecified atom stereocenters. The second-order valence-electron chi connectivity index (χ2n) is 5.60. The molecular formula is C20H35NO2. The van der Waals surface area contributed by atoms with E-state index in [9.17, 15) is 4.79 Å². The van der Waals surface area contributed by atoms with Crippen molar-refractivity contribution < 1.29 is 9.53 Å². The fraction of sp³-hybridized carbons (Fsp3) is 0.650. The molecular weight excluding hydrogens is 286 g/mol. The molecule has 0 aliphatic carbocycles. The lowest BCUT2D eigenvalue weighted by atomic mass is 10.1. The number of amides is 1. The Morgan fingerprint density at radius 1 is 1.09 bits per heavy atom. The van der Waals surface area contributed by atoms with Crippen LogP contribution in [0.5, 0.6) is 5.75 Å². The van der Waals surface area contributed by atoms with Gasteiger partial charge in [0.2, 0.25) is 5.91 Å². The molecule has 0 aliphatic rings. The maximum absolute atomic E-state index is 11.8. The Hall–Kier alpha value is -1.51. The van der Waals surface area contributed by atoms with Crippen LogP contribution < -0.4 is 10.1 Å². The van der Waals surface area contributed by atoms with Crippen molar-refractivity contribution in [1.29, 1.82) is 0 Å². The minimum absolute atomic E-state index is 0.152. The van der Waals surface area contributed by atoms with Crippen molar-refractivity contribution in [3.63, 3.8) is 0 Å². The first-order chi connectivity index (χ1) is 11.2. The van der Waals surface area contributed by atoms with Crippen LogP contribution in [0.15, 0.2) is 18.2 Å². The number of aryl methyl sites for hydroxylation is 1. The van der Waals surface area contributed by atoms with Crippen molar-refractivity contribution in [3.05, 3.63) is 29.3 Å². The number of ether oxygens (including phenoxy) is 1. The molecule has 132 valence electrons. The maximum atomic E-state index is 11.8. The fourth-order valence-corrected chi connectivity index (χ4v) is 2.41. The van der Waals surface area contributed by atoms with Gasteiger partial charge in [-0.2, -0.15) is 0 Å². The maximum Gasteiger partial charge on any atom is 0.220 e. The van der Waals surface area contributed by atoms with Crippen LogP contribution in [0.2, 0.25) is 0 Å². The molecule has 23 heavy (non-hydrogen) atoms. The predicted molar refractivity (Wildman–Crippen MR) is 98.9 cm³/mol. The molecule has 0 aromatic heterocycles. The summed E-state index contributed by atoms with van der Waals surface area (Å²) >= 11 is 0. The summed E-state index contributed by atoms with van der Waals surface area (Å²) in [6.07, 6.45) is 7.92. The van der Waals surface area contributed by atoms with E-state index in [4.69, 9.17) is 4.74 Å². The van der Waals surface area contributed by atoms with Gasteiger partial charge in [0.05, 0.1) is 7.11 Å². The van der Waals surface area contributed by atoms with E-state index in [0.717, 1.165) is 29.7 Å². The van der Waals surface area contributed by atoms with Gasteiger partial charge in [0.25, 0.3) is 0 Å². The normalized spacial score (nSPS) is 9.78. The minimum Gasteiger partial charge on any atom is -0.496 e. The van der Waals surface area contributed by atoms with Crippen molar-refractivity contribution in [3.8, 4) is 5.75 Å². The highest BCUT2D eigenvalue weighted by molar-refractivity contribution is 5.75. The van der Waals surface area contributed by atoms with Crippen LogP contribution >= 0.6 is 0 Å². The second kappa shape index (κ2) is 14.1. The Labute approximate surface area is 142 Å². The number of methoxy groups -OCH3 is 1. The van der Waals surface area contributed by atoms with Crippen molar-refractivity contribution in [2.45, 2.75) is 79.2 Å². The molecule has 0 atom stereocenters. The van der Waals surface area contributed by atoms with Gasteiger partial charge in [-0.05, 0) is 30.5 Å². The first-order valence-electron chi connectivity index (χ1n) is 9.07. The van der Waals surface area contributed by atoms with Gasteiger partial charge in [-0.3, -0.25) is 4.79 Å². The molecule has 1 rings (SSSR count). The number of rotatable bonds is 10. The van der Waals surface area contributed by atoms with E-state index >= 15 is 0 Å². The lowest BCUT2D eigenvalue weighted by molar-refractivity contribution is -0.121. The summed E-state index contributed by atoms with van der Waals surface area (Å²) in [5, 5.41) is 2.99. The lowest BCUT2D eigenvalue weighted by Crippen LogP contribution is -2.22. The summed E-state index contributed by atoms with van der Waals surface area (Å²) in [4.78, 5) is 11.8. The number of hydrogen-bond acceptors (Lipinski definition) is 2. The van der Waals surface area contributed by atoms with Crippen LogP contribution in [0.4, 0.5) is 0 Å². The zero-order valence-corrected chi connectivity index (χ0v) is 15.7. The standard InChI is InChI=1S/C18H29NO2.C2H6/c1-4-5-6-7-8-9-10-18(20)19-14-16-11-12-17(21-3)15(2)13-16;1-2/h11-13H,4-10,14H2,1-3H3,(H,19,20);1-2H3. The van der Waals surface area contributed by atoms with Crippen LogP contribution in [-0.2, 0) is 11.3 Å². The second-order valence-corrected chi connectivity index (χ2v) is 5.60. The van der Waals surface area contributed by atoms with Gasteiger partial charge in [0.15, 0.2) is 0 Å². The molecule has 1 N–H and O–H groups in total. The van der Waals surface area contributed by atoms with Gasteiger partial charge < -0.3 is 10.1 Å². The van der Waals surface area contributed by atoms with Crippen LogP contribution in [-0.4, -0.2) is 13.0 Å². The molecule has 3 nitrogen and oxygen atoms in total. The number of carbonyl (C=O) groups is 1. The Morgan fingerprint density at radius 3 is 2.35 bits per heavy atom. The quantitative estimate of drug-likeness (QED) is 0.586. The summed E-state index contributed by atoms with van der Waals surface area (Å²) in [5.74, 6) is 1.04. The zero-order chi connectivity index (χ0) is 17.5. The Balaban J connectivity index is 0.00000232. The van der Waals surface area contributed by atoms with Crippen LogP contribution in [0.25, 0.3) is 0 Å². The molecule has 0 heterocycles. The van der Waals surface area contributed by atoms with E-state index in [1.165, 1.54) is 25.7 Å². The number of nitrogens with one attached hydrogen (secondary N) is 1. The van der Waals surface area contributed by atoms with Gasteiger partial charge >= 0.3 is 0 Å². The van der Waals surface area contributed by atoms with Crippen molar-refractivity contribution in [1.82, 2.24) is 5.32 Å². The summed E-state index contributed by atoms with van der Waals surface area (Å²) in [5.41, 5.74) is 2.21. The van der Waals surface area contributed by atoms with Gasteiger partial charge in [-0.25, -0.2) is 0 Å². The number of benzene rings is 1.